The SMILES string of the molecule is NC(=O)CCCNC(=O)c1cc(O)ccc1N. The monoisotopic (exact) mass is 237 g/mol. The standard InChI is InChI=1S/C11H15N3O3/c12-9-4-3-7(15)6-8(9)11(17)14-5-1-2-10(13)16/h3-4,6,15H,1-2,5,12H2,(H2,13,16)(H,14,17). The molecule has 92 valence electrons. The molecule has 0 saturated heterocycles. The first-order valence-electron chi connectivity index (χ1n) is 5.15. The predicted molar refractivity (Wildman–Crippen MR) is 63.3 cm³/mol. The van der Waals surface area contributed by atoms with E-state index in [1.54, 1.807) is 0 Å². The van der Waals surface area contributed by atoms with Gasteiger partial charge in [-0.05, 0) is 24.6 Å². The van der Waals surface area contributed by atoms with Crippen LogP contribution in [0.4, 0.5) is 5.69 Å². The van der Waals surface area contributed by atoms with Crippen LogP contribution in [0, 0.1) is 0 Å². The van der Waals surface area contributed by atoms with Gasteiger partial charge in [0.15, 0.2) is 0 Å². The molecule has 0 atom stereocenters. The predicted octanol–water partition coefficient (Wildman–Crippen LogP) is -0.0303. The summed E-state index contributed by atoms with van der Waals surface area (Å²) in [5.41, 5.74) is 11.1. The topological polar surface area (TPSA) is 118 Å². The van der Waals surface area contributed by atoms with Gasteiger partial charge in [-0.3, -0.25) is 9.59 Å². The fourth-order valence-corrected chi connectivity index (χ4v) is 1.30. The quantitative estimate of drug-likeness (QED) is 0.326. The zero-order chi connectivity index (χ0) is 12.8. The molecule has 1 aromatic rings. The van der Waals surface area contributed by atoms with Gasteiger partial charge in [-0.15, -0.1) is 0 Å². The highest BCUT2D eigenvalue weighted by Crippen LogP contribution is 2.18. The van der Waals surface area contributed by atoms with Crippen molar-refractivity contribution in [3.05, 3.63) is 23.8 Å². The smallest absolute Gasteiger partial charge is 0.253 e. The van der Waals surface area contributed by atoms with Crippen molar-refractivity contribution in [3.63, 3.8) is 0 Å². The average Bonchev–Trinajstić information content (AvgIpc) is 2.27. The minimum Gasteiger partial charge on any atom is -0.508 e. The second kappa shape index (κ2) is 5.74. The van der Waals surface area contributed by atoms with Crippen molar-refractivity contribution in [2.75, 3.05) is 12.3 Å². The molecule has 0 bridgehead atoms. The van der Waals surface area contributed by atoms with Crippen LogP contribution < -0.4 is 16.8 Å². The highest BCUT2D eigenvalue weighted by Gasteiger charge is 2.09. The van der Waals surface area contributed by atoms with Crippen LogP contribution in [-0.2, 0) is 4.79 Å². The summed E-state index contributed by atoms with van der Waals surface area (Å²) in [6, 6.07) is 4.14. The van der Waals surface area contributed by atoms with Gasteiger partial charge < -0.3 is 21.9 Å². The Morgan fingerprint density at radius 3 is 2.71 bits per heavy atom. The minimum absolute atomic E-state index is 0.0264. The third kappa shape index (κ3) is 4.02. The Bertz CT molecular complexity index is 432. The number of phenols is 1. The summed E-state index contributed by atoms with van der Waals surface area (Å²) in [7, 11) is 0. The molecular weight excluding hydrogens is 222 g/mol. The van der Waals surface area contributed by atoms with Crippen LogP contribution in [0.2, 0.25) is 0 Å². The molecule has 0 heterocycles. The van der Waals surface area contributed by atoms with E-state index in [0.29, 0.717) is 13.0 Å². The molecule has 0 fully saturated rings. The van der Waals surface area contributed by atoms with Crippen LogP contribution in [0.3, 0.4) is 0 Å². The van der Waals surface area contributed by atoms with Crippen molar-refractivity contribution in [2.45, 2.75) is 12.8 Å². The van der Waals surface area contributed by atoms with Gasteiger partial charge in [0.05, 0.1) is 5.56 Å². The number of hydrogen-bond donors (Lipinski definition) is 4. The number of carbonyl (C=O) groups excluding carboxylic acids is 2. The van der Waals surface area contributed by atoms with Crippen molar-refractivity contribution in [2.24, 2.45) is 5.73 Å². The number of phenolic OH excluding ortho intramolecular Hbond substituents is 1. The van der Waals surface area contributed by atoms with Gasteiger partial charge in [-0.25, -0.2) is 0 Å². The van der Waals surface area contributed by atoms with Crippen LogP contribution in [0.25, 0.3) is 0 Å². The Morgan fingerprint density at radius 2 is 2.06 bits per heavy atom. The summed E-state index contributed by atoms with van der Waals surface area (Å²) < 4.78 is 0. The Morgan fingerprint density at radius 1 is 1.35 bits per heavy atom. The lowest BCUT2D eigenvalue weighted by Gasteiger charge is -2.07. The van der Waals surface area contributed by atoms with E-state index in [0.717, 1.165) is 0 Å². The molecule has 0 aliphatic carbocycles. The lowest BCUT2D eigenvalue weighted by molar-refractivity contribution is -0.118. The molecule has 0 aromatic heterocycles. The number of anilines is 1. The van der Waals surface area contributed by atoms with E-state index in [1.165, 1.54) is 18.2 Å². The van der Waals surface area contributed by atoms with Gasteiger partial charge in [0, 0.05) is 18.7 Å². The van der Waals surface area contributed by atoms with E-state index in [-0.39, 0.29) is 29.3 Å². The number of nitrogen functional groups attached to an aromatic ring is 1. The van der Waals surface area contributed by atoms with Crippen LogP contribution in [0.1, 0.15) is 23.2 Å². The Balaban J connectivity index is 2.52. The fraction of sp³-hybridized carbons (Fsp3) is 0.273. The Labute approximate surface area is 98.6 Å². The fourth-order valence-electron chi connectivity index (χ4n) is 1.30. The van der Waals surface area contributed by atoms with E-state index < -0.39 is 5.91 Å². The molecule has 0 radical (unpaired) electrons. The van der Waals surface area contributed by atoms with Gasteiger partial charge in [0.25, 0.3) is 5.91 Å². The summed E-state index contributed by atoms with van der Waals surface area (Å²) >= 11 is 0. The maximum atomic E-state index is 11.6. The second-order valence-electron chi connectivity index (χ2n) is 3.60. The van der Waals surface area contributed by atoms with Crippen LogP contribution in [-0.4, -0.2) is 23.5 Å². The summed E-state index contributed by atoms with van der Waals surface area (Å²) in [6.45, 7) is 0.330. The molecule has 17 heavy (non-hydrogen) atoms. The summed E-state index contributed by atoms with van der Waals surface area (Å²) in [6.07, 6.45) is 0.690. The molecule has 0 aliphatic heterocycles. The number of nitrogens with one attached hydrogen (secondary N) is 1. The number of rotatable bonds is 5. The molecular formula is C11H15N3O3. The average molecular weight is 237 g/mol. The number of primary amides is 1. The maximum Gasteiger partial charge on any atom is 0.253 e. The molecule has 0 spiro atoms. The molecule has 1 aromatic carbocycles. The van der Waals surface area contributed by atoms with Crippen LogP contribution in [0.15, 0.2) is 18.2 Å². The first-order chi connectivity index (χ1) is 8.00. The maximum absolute atomic E-state index is 11.6. The first-order valence-corrected chi connectivity index (χ1v) is 5.15. The van der Waals surface area contributed by atoms with Crippen molar-refractivity contribution >= 4 is 17.5 Å². The summed E-state index contributed by atoms with van der Waals surface area (Å²) in [5, 5.41) is 11.8. The van der Waals surface area contributed by atoms with Crippen molar-refractivity contribution < 1.29 is 14.7 Å². The second-order valence-corrected chi connectivity index (χ2v) is 3.60. The van der Waals surface area contributed by atoms with Gasteiger partial charge in [0.1, 0.15) is 5.75 Å². The lowest BCUT2D eigenvalue weighted by Crippen LogP contribution is -2.26. The molecule has 0 aliphatic rings. The van der Waals surface area contributed by atoms with E-state index in [9.17, 15) is 14.7 Å². The highest BCUT2D eigenvalue weighted by atomic mass is 16.3. The lowest BCUT2D eigenvalue weighted by atomic mass is 10.1. The van der Waals surface area contributed by atoms with E-state index in [1.807, 2.05) is 0 Å². The first kappa shape index (κ1) is 12.8. The number of carbonyl (C=O) groups is 2. The van der Waals surface area contributed by atoms with Gasteiger partial charge in [-0.2, -0.15) is 0 Å². The van der Waals surface area contributed by atoms with Crippen LogP contribution >= 0.6 is 0 Å². The molecule has 6 N–H and O–H groups in total. The van der Waals surface area contributed by atoms with Crippen molar-refractivity contribution in [3.8, 4) is 5.75 Å². The number of benzene rings is 1. The van der Waals surface area contributed by atoms with Crippen LogP contribution in [0.5, 0.6) is 5.75 Å². The zero-order valence-corrected chi connectivity index (χ0v) is 9.27. The molecule has 0 saturated carbocycles. The highest BCUT2D eigenvalue weighted by molar-refractivity contribution is 5.99. The Hall–Kier alpha value is -2.24. The molecule has 6 nitrogen and oxygen atoms in total. The molecule has 6 heteroatoms. The van der Waals surface area contributed by atoms with Gasteiger partial charge >= 0.3 is 0 Å². The van der Waals surface area contributed by atoms with Gasteiger partial charge in [0.2, 0.25) is 5.91 Å². The third-order valence-corrected chi connectivity index (χ3v) is 2.17. The third-order valence-electron chi connectivity index (χ3n) is 2.17. The molecule has 0 unspecified atom stereocenters. The minimum atomic E-state index is -0.406. The van der Waals surface area contributed by atoms with Crippen molar-refractivity contribution in [1.82, 2.24) is 5.32 Å². The van der Waals surface area contributed by atoms with Gasteiger partial charge in [-0.1, -0.05) is 0 Å². The normalized spacial score (nSPS) is 9.88. The number of aromatic hydroxyl groups is 1. The van der Waals surface area contributed by atoms with E-state index in [2.05, 4.69) is 5.32 Å². The van der Waals surface area contributed by atoms with Crippen molar-refractivity contribution in [1.29, 1.82) is 0 Å². The number of hydrogen-bond acceptors (Lipinski definition) is 4. The number of amides is 2. The van der Waals surface area contributed by atoms with E-state index in [4.69, 9.17) is 11.5 Å². The summed E-state index contributed by atoms with van der Waals surface area (Å²) in [5.74, 6) is -0.819. The molecule has 1 rings (SSSR count). The number of nitrogens with two attached hydrogens (primary N) is 2. The van der Waals surface area contributed by atoms with E-state index >= 15 is 0 Å². The Kier molecular flexibility index (Phi) is 4.33. The summed E-state index contributed by atoms with van der Waals surface area (Å²) in [4.78, 5) is 22.1. The largest absolute Gasteiger partial charge is 0.508 e. The zero-order valence-electron chi connectivity index (χ0n) is 9.27. The molecule has 2 amide bonds.